The van der Waals surface area contributed by atoms with E-state index in [0.29, 0.717) is 13.2 Å². The molecule has 1 fully saturated rings. The van der Waals surface area contributed by atoms with Crippen molar-refractivity contribution in [2.45, 2.75) is 12.7 Å². The van der Waals surface area contributed by atoms with Crippen molar-refractivity contribution in [3.8, 4) is 9.75 Å². The first kappa shape index (κ1) is 10.5. The monoisotopic (exact) mass is 252 g/mol. The summed E-state index contributed by atoms with van der Waals surface area (Å²) in [5.74, 6) is -0.528. The molecule has 0 atom stereocenters. The van der Waals surface area contributed by atoms with Gasteiger partial charge in [-0.15, -0.1) is 22.7 Å². The Kier molecular flexibility index (Phi) is 2.59. The summed E-state index contributed by atoms with van der Waals surface area (Å²) in [4.78, 5) is 3.73. The van der Waals surface area contributed by atoms with E-state index < -0.39 is 5.79 Å². The molecule has 0 bridgehead atoms. The minimum atomic E-state index is -0.528. The van der Waals surface area contributed by atoms with Gasteiger partial charge in [-0.05, 0) is 30.5 Å². The Morgan fingerprint density at radius 1 is 1.12 bits per heavy atom. The van der Waals surface area contributed by atoms with E-state index in [-0.39, 0.29) is 0 Å². The first-order chi connectivity index (χ1) is 7.78. The molecule has 0 radical (unpaired) electrons. The van der Waals surface area contributed by atoms with Crippen molar-refractivity contribution in [1.82, 2.24) is 0 Å². The quantitative estimate of drug-likeness (QED) is 0.811. The van der Waals surface area contributed by atoms with E-state index in [1.807, 2.05) is 6.92 Å². The lowest BCUT2D eigenvalue weighted by molar-refractivity contribution is -0.146. The molecule has 3 rings (SSSR count). The van der Waals surface area contributed by atoms with Crippen molar-refractivity contribution in [2.75, 3.05) is 13.2 Å². The first-order valence-electron chi connectivity index (χ1n) is 5.20. The summed E-state index contributed by atoms with van der Waals surface area (Å²) in [6.45, 7) is 3.36. The standard InChI is InChI=1S/C12H12O2S2/c1-12(13-6-7-14-12)11-5-4-10(16-11)9-3-2-8-15-9/h2-5,8H,6-7H2,1H3. The van der Waals surface area contributed by atoms with E-state index in [9.17, 15) is 0 Å². The molecule has 84 valence electrons. The van der Waals surface area contributed by atoms with Gasteiger partial charge in [0.05, 0.1) is 18.1 Å². The van der Waals surface area contributed by atoms with Gasteiger partial charge in [-0.3, -0.25) is 0 Å². The van der Waals surface area contributed by atoms with Crippen LogP contribution in [0.15, 0.2) is 29.6 Å². The third-order valence-electron chi connectivity index (χ3n) is 2.66. The van der Waals surface area contributed by atoms with E-state index in [1.54, 1.807) is 22.7 Å². The minimum Gasteiger partial charge on any atom is -0.343 e. The van der Waals surface area contributed by atoms with Crippen molar-refractivity contribution < 1.29 is 9.47 Å². The lowest BCUT2D eigenvalue weighted by atomic mass is 10.2. The predicted molar refractivity (Wildman–Crippen MR) is 66.9 cm³/mol. The molecule has 0 unspecified atom stereocenters. The molecular formula is C12H12O2S2. The van der Waals surface area contributed by atoms with Crippen LogP contribution in [0, 0.1) is 0 Å². The number of hydrogen-bond acceptors (Lipinski definition) is 4. The van der Waals surface area contributed by atoms with E-state index in [1.165, 1.54) is 9.75 Å². The minimum absolute atomic E-state index is 0.528. The fourth-order valence-electron chi connectivity index (χ4n) is 1.79. The van der Waals surface area contributed by atoms with Crippen LogP contribution in [-0.2, 0) is 15.3 Å². The number of rotatable bonds is 2. The van der Waals surface area contributed by atoms with Gasteiger partial charge in [0.2, 0.25) is 5.79 Å². The zero-order valence-electron chi connectivity index (χ0n) is 8.93. The molecule has 1 aliphatic rings. The summed E-state index contributed by atoms with van der Waals surface area (Å²) in [7, 11) is 0. The fourth-order valence-corrected chi connectivity index (χ4v) is 3.69. The Morgan fingerprint density at radius 2 is 1.94 bits per heavy atom. The number of hydrogen-bond donors (Lipinski definition) is 0. The van der Waals surface area contributed by atoms with Crippen LogP contribution < -0.4 is 0 Å². The van der Waals surface area contributed by atoms with Crippen LogP contribution >= 0.6 is 22.7 Å². The SMILES string of the molecule is CC1(c2ccc(-c3cccs3)s2)OCCO1. The second kappa shape index (κ2) is 3.96. The summed E-state index contributed by atoms with van der Waals surface area (Å²) in [5, 5.41) is 2.10. The lowest BCUT2D eigenvalue weighted by Gasteiger charge is -2.20. The molecule has 0 amide bonds. The highest BCUT2D eigenvalue weighted by molar-refractivity contribution is 7.21. The predicted octanol–water partition coefficient (Wildman–Crippen LogP) is 3.70. The molecule has 2 nitrogen and oxygen atoms in total. The third-order valence-corrected chi connectivity index (χ3v) is 4.99. The molecule has 1 saturated heterocycles. The Hall–Kier alpha value is -0.680. The number of thiophene rings is 2. The van der Waals surface area contributed by atoms with Crippen LogP contribution in [0.4, 0.5) is 0 Å². The Bertz CT molecular complexity index is 467. The van der Waals surface area contributed by atoms with Crippen LogP contribution in [-0.4, -0.2) is 13.2 Å². The van der Waals surface area contributed by atoms with Crippen LogP contribution in [0.3, 0.4) is 0 Å². The first-order valence-corrected chi connectivity index (χ1v) is 6.90. The van der Waals surface area contributed by atoms with Gasteiger partial charge in [-0.25, -0.2) is 0 Å². The highest BCUT2D eigenvalue weighted by atomic mass is 32.1. The van der Waals surface area contributed by atoms with Crippen molar-refractivity contribution in [2.24, 2.45) is 0 Å². The topological polar surface area (TPSA) is 18.5 Å². The molecule has 1 aliphatic heterocycles. The Labute approximate surface area is 102 Å². The summed E-state index contributed by atoms with van der Waals surface area (Å²) < 4.78 is 11.3. The Morgan fingerprint density at radius 3 is 2.62 bits per heavy atom. The molecule has 0 aromatic carbocycles. The maximum absolute atomic E-state index is 5.65. The van der Waals surface area contributed by atoms with Crippen LogP contribution in [0.5, 0.6) is 0 Å². The number of ether oxygens (including phenoxy) is 2. The van der Waals surface area contributed by atoms with Crippen molar-refractivity contribution >= 4 is 22.7 Å². The van der Waals surface area contributed by atoms with Crippen LogP contribution in [0.25, 0.3) is 9.75 Å². The normalized spacial score (nSPS) is 19.1. The fraction of sp³-hybridized carbons (Fsp3) is 0.333. The van der Waals surface area contributed by atoms with Gasteiger partial charge in [0.15, 0.2) is 0 Å². The van der Waals surface area contributed by atoms with Gasteiger partial charge in [0.25, 0.3) is 0 Å². The summed E-state index contributed by atoms with van der Waals surface area (Å²) in [5.41, 5.74) is 0. The molecule has 0 spiro atoms. The van der Waals surface area contributed by atoms with Crippen molar-refractivity contribution in [1.29, 1.82) is 0 Å². The van der Waals surface area contributed by atoms with Gasteiger partial charge in [0, 0.05) is 9.75 Å². The lowest BCUT2D eigenvalue weighted by Crippen LogP contribution is -2.20. The maximum Gasteiger partial charge on any atom is 0.201 e. The van der Waals surface area contributed by atoms with Gasteiger partial charge in [-0.2, -0.15) is 0 Å². The molecule has 0 saturated carbocycles. The molecule has 3 heterocycles. The molecule has 2 aromatic heterocycles. The second-order valence-electron chi connectivity index (χ2n) is 3.78. The zero-order chi connectivity index (χ0) is 11.0. The maximum atomic E-state index is 5.65. The zero-order valence-corrected chi connectivity index (χ0v) is 10.6. The van der Waals surface area contributed by atoms with E-state index in [2.05, 4.69) is 29.6 Å². The molecule has 4 heteroatoms. The third kappa shape index (κ3) is 1.72. The highest BCUT2D eigenvalue weighted by Gasteiger charge is 2.34. The molecule has 2 aromatic rings. The second-order valence-corrected chi connectivity index (χ2v) is 5.82. The van der Waals surface area contributed by atoms with Gasteiger partial charge in [-0.1, -0.05) is 6.07 Å². The molecule has 0 N–H and O–H groups in total. The van der Waals surface area contributed by atoms with E-state index in [4.69, 9.17) is 9.47 Å². The average molecular weight is 252 g/mol. The average Bonchev–Trinajstić information content (AvgIpc) is 2.98. The van der Waals surface area contributed by atoms with E-state index in [0.717, 1.165) is 4.88 Å². The highest BCUT2D eigenvalue weighted by Crippen LogP contribution is 2.39. The van der Waals surface area contributed by atoms with Gasteiger partial charge >= 0.3 is 0 Å². The smallest absolute Gasteiger partial charge is 0.201 e. The summed E-state index contributed by atoms with van der Waals surface area (Å²) in [6, 6.07) is 8.45. The van der Waals surface area contributed by atoms with Crippen molar-refractivity contribution in [3.05, 3.63) is 34.5 Å². The van der Waals surface area contributed by atoms with Crippen LogP contribution in [0.1, 0.15) is 11.8 Å². The molecule has 0 aliphatic carbocycles. The largest absolute Gasteiger partial charge is 0.343 e. The molecule has 16 heavy (non-hydrogen) atoms. The van der Waals surface area contributed by atoms with Crippen LogP contribution in [0.2, 0.25) is 0 Å². The summed E-state index contributed by atoms with van der Waals surface area (Å²) >= 11 is 3.51. The molecular weight excluding hydrogens is 240 g/mol. The summed E-state index contributed by atoms with van der Waals surface area (Å²) in [6.07, 6.45) is 0. The van der Waals surface area contributed by atoms with E-state index >= 15 is 0 Å². The van der Waals surface area contributed by atoms with Gasteiger partial charge < -0.3 is 9.47 Å². The Balaban J connectivity index is 1.93. The van der Waals surface area contributed by atoms with Gasteiger partial charge in [0.1, 0.15) is 0 Å². The van der Waals surface area contributed by atoms with Crippen molar-refractivity contribution in [3.63, 3.8) is 0 Å².